The van der Waals surface area contributed by atoms with Crippen LogP contribution in [0.15, 0.2) is 38.3 Å². The van der Waals surface area contributed by atoms with Crippen molar-refractivity contribution in [2.75, 3.05) is 20.1 Å². The summed E-state index contributed by atoms with van der Waals surface area (Å²) >= 11 is 3.58. The second-order valence-corrected chi connectivity index (χ2v) is 6.02. The quantitative estimate of drug-likeness (QED) is 0.369. The fourth-order valence-electron chi connectivity index (χ4n) is 2.13. The molecule has 0 aliphatic rings. The molecule has 2 rings (SSSR count). The standard InChI is InChI=1S/C16H22BrN5O.HI/c1-4-18-16(19-10-9-15-20-12(2)21-23-15)22(3)11-13-7-5-6-8-14(13)17;/h5-8H,4,9-11H2,1-3H3,(H,18,19);1H. The second kappa shape index (κ2) is 10.7. The Kier molecular flexibility index (Phi) is 9.27. The zero-order valence-corrected chi connectivity index (χ0v) is 18.0. The minimum Gasteiger partial charge on any atom is -0.357 e. The first-order valence-electron chi connectivity index (χ1n) is 7.62. The predicted molar refractivity (Wildman–Crippen MR) is 110 cm³/mol. The van der Waals surface area contributed by atoms with Crippen LogP contribution in [0.2, 0.25) is 0 Å². The van der Waals surface area contributed by atoms with E-state index in [-0.39, 0.29) is 24.0 Å². The number of hydrogen-bond acceptors (Lipinski definition) is 4. The monoisotopic (exact) mass is 507 g/mol. The molecular formula is C16H23BrIN5O. The van der Waals surface area contributed by atoms with Crippen LogP contribution in [-0.4, -0.2) is 41.1 Å². The molecule has 1 aromatic heterocycles. The molecule has 2 aromatic rings. The van der Waals surface area contributed by atoms with Gasteiger partial charge in [0.25, 0.3) is 0 Å². The third kappa shape index (κ3) is 6.39. The molecule has 0 saturated heterocycles. The summed E-state index contributed by atoms with van der Waals surface area (Å²) in [6.45, 7) is 6.06. The fourth-order valence-corrected chi connectivity index (χ4v) is 2.54. The molecule has 0 amide bonds. The van der Waals surface area contributed by atoms with E-state index in [0.29, 0.717) is 24.7 Å². The van der Waals surface area contributed by atoms with Gasteiger partial charge < -0.3 is 14.7 Å². The molecule has 6 nitrogen and oxygen atoms in total. The van der Waals surface area contributed by atoms with Crippen molar-refractivity contribution in [1.29, 1.82) is 0 Å². The highest BCUT2D eigenvalue weighted by molar-refractivity contribution is 14.0. The van der Waals surface area contributed by atoms with Crippen molar-refractivity contribution >= 4 is 45.9 Å². The molecule has 0 atom stereocenters. The molecule has 0 fully saturated rings. The number of benzene rings is 1. The van der Waals surface area contributed by atoms with E-state index in [0.717, 1.165) is 23.5 Å². The third-order valence-corrected chi connectivity index (χ3v) is 3.99. The van der Waals surface area contributed by atoms with Crippen molar-refractivity contribution in [1.82, 2.24) is 20.4 Å². The molecule has 0 bridgehead atoms. The second-order valence-electron chi connectivity index (χ2n) is 5.17. The third-order valence-electron chi connectivity index (χ3n) is 3.22. The van der Waals surface area contributed by atoms with Gasteiger partial charge in [-0.25, -0.2) is 0 Å². The molecule has 1 N–H and O–H groups in total. The molecule has 0 spiro atoms. The largest absolute Gasteiger partial charge is 0.357 e. The highest BCUT2D eigenvalue weighted by atomic mass is 127. The summed E-state index contributed by atoms with van der Waals surface area (Å²) in [5, 5.41) is 7.09. The number of halogens is 2. The summed E-state index contributed by atoms with van der Waals surface area (Å²) in [5.74, 6) is 2.14. The van der Waals surface area contributed by atoms with Gasteiger partial charge in [-0.05, 0) is 25.5 Å². The summed E-state index contributed by atoms with van der Waals surface area (Å²) in [4.78, 5) is 10.9. The average molecular weight is 508 g/mol. The Labute approximate surface area is 168 Å². The van der Waals surface area contributed by atoms with Crippen LogP contribution in [0.1, 0.15) is 24.2 Å². The number of guanidine groups is 1. The molecule has 0 aliphatic heterocycles. The lowest BCUT2D eigenvalue weighted by Gasteiger charge is -2.22. The number of nitrogens with one attached hydrogen (secondary N) is 1. The van der Waals surface area contributed by atoms with Crippen LogP contribution < -0.4 is 5.32 Å². The maximum atomic E-state index is 5.11. The Hall–Kier alpha value is -1.16. The number of aryl methyl sites for hydroxylation is 1. The topological polar surface area (TPSA) is 66.5 Å². The van der Waals surface area contributed by atoms with E-state index in [4.69, 9.17) is 4.52 Å². The minimum atomic E-state index is 0. The highest BCUT2D eigenvalue weighted by Gasteiger charge is 2.09. The zero-order valence-electron chi connectivity index (χ0n) is 14.1. The lowest BCUT2D eigenvalue weighted by atomic mass is 10.2. The van der Waals surface area contributed by atoms with Gasteiger partial charge in [0, 0.05) is 31.0 Å². The van der Waals surface area contributed by atoms with Gasteiger partial charge in [-0.15, -0.1) is 24.0 Å². The maximum Gasteiger partial charge on any atom is 0.228 e. The van der Waals surface area contributed by atoms with Gasteiger partial charge in [-0.3, -0.25) is 4.99 Å². The van der Waals surface area contributed by atoms with Gasteiger partial charge in [0.05, 0.1) is 6.54 Å². The molecule has 8 heteroatoms. The maximum absolute atomic E-state index is 5.11. The molecule has 0 saturated carbocycles. The van der Waals surface area contributed by atoms with Crippen molar-refractivity contribution in [3.8, 4) is 0 Å². The molecular weight excluding hydrogens is 485 g/mol. The van der Waals surface area contributed by atoms with Crippen LogP contribution in [-0.2, 0) is 13.0 Å². The normalized spacial score (nSPS) is 11.1. The van der Waals surface area contributed by atoms with E-state index in [2.05, 4.69) is 54.3 Å². The Balaban J connectivity index is 0.00000288. The first-order valence-corrected chi connectivity index (χ1v) is 8.41. The van der Waals surface area contributed by atoms with Gasteiger partial charge in [0.15, 0.2) is 11.8 Å². The fraction of sp³-hybridized carbons (Fsp3) is 0.438. The van der Waals surface area contributed by atoms with E-state index in [1.165, 1.54) is 5.56 Å². The van der Waals surface area contributed by atoms with Crippen molar-refractivity contribution in [2.24, 2.45) is 4.99 Å². The summed E-state index contributed by atoms with van der Waals surface area (Å²) < 4.78 is 6.21. The van der Waals surface area contributed by atoms with E-state index >= 15 is 0 Å². The molecule has 24 heavy (non-hydrogen) atoms. The van der Waals surface area contributed by atoms with Crippen LogP contribution in [0.4, 0.5) is 0 Å². The van der Waals surface area contributed by atoms with E-state index in [1.807, 2.05) is 32.2 Å². The van der Waals surface area contributed by atoms with Crippen LogP contribution >= 0.6 is 39.9 Å². The van der Waals surface area contributed by atoms with Crippen molar-refractivity contribution in [2.45, 2.75) is 26.8 Å². The Morgan fingerprint density at radius 2 is 2.12 bits per heavy atom. The van der Waals surface area contributed by atoms with Crippen LogP contribution in [0.25, 0.3) is 0 Å². The van der Waals surface area contributed by atoms with Gasteiger partial charge in [0.1, 0.15) is 0 Å². The summed E-state index contributed by atoms with van der Waals surface area (Å²) in [6, 6.07) is 8.20. The predicted octanol–water partition coefficient (Wildman–Crippen LogP) is 3.40. The van der Waals surface area contributed by atoms with E-state index in [1.54, 1.807) is 0 Å². The smallest absolute Gasteiger partial charge is 0.228 e. The highest BCUT2D eigenvalue weighted by Crippen LogP contribution is 2.17. The summed E-state index contributed by atoms with van der Waals surface area (Å²) in [7, 11) is 2.03. The number of aromatic nitrogens is 2. The SMILES string of the molecule is CCNC(=NCCc1nc(C)no1)N(C)Cc1ccccc1Br.I. The number of aliphatic imine (C=N–C) groups is 1. The van der Waals surface area contributed by atoms with Crippen LogP contribution in [0.3, 0.4) is 0 Å². The zero-order chi connectivity index (χ0) is 16.7. The van der Waals surface area contributed by atoms with Crippen molar-refractivity contribution in [3.63, 3.8) is 0 Å². The Morgan fingerprint density at radius 3 is 2.75 bits per heavy atom. The molecule has 0 unspecified atom stereocenters. The van der Waals surface area contributed by atoms with Crippen LogP contribution in [0.5, 0.6) is 0 Å². The Morgan fingerprint density at radius 1 is 1.38 bits per heavy atom. The van der Waals surface area contributed by atoms with Gasteiger partial charge >= 0.3 is 0 Å². The number of hydrogen-bond donors (Lipinski definition) is 1. The first kappa shape index (κ1) is 20.9. The molecule has 0 radical (unpaired) electrons. The molecule has 132 valence electrons. The molecule has 1 heterocycles. The number of rotatable bonds is 6. The lowest BCUT2D eigenvalue weighted by Crippen LogP contribution is -2.38. The van der Waals surface area contributed by atoms with E-state index < -0.39 is 0 Å². The first-order chi connectivity index (χ1) is 11.1. The Bertz CT molecular complexity index is 661. The minimum absolute atomic E-state index is 0. The van der Waals surface area contributed by atoms with Crippen LogP contribution in [0, 0.1) is 6.92 Å². The average Bonchev–Trinajstić information content (AvgIpc) is 2.94. The van der Waals surface area contributed by atoms with Gasteiger partial charge in [-0.2, -0.15) is 4.98 Å². The summed E-state index contributed by atoms with van der Waals surface area (Å²) in [6.07, 6.45) is 0.638. The molecule has 1 aromatic carbocycles. The van der Waals surface area contributed by atoms with Crippen molar-refractivity contribution < 1.29 is 4.52 Å². The number of nitrogens with zero attached hydrogens (tertiary/aromatic N) is 4. The lowest BCUT2D eigenvalue weighted by molar-refractivity contribution is 0.375. The van der Waals surface area contributed by atoms with Gasteiger partial charge in [0.2, 0.25) is 5.89 Å². The van der Waals surface area contributed by atoms with Crippen molar-refractivity contribution in [3.05, 3.63) is 46.0 Å². The summed E-state index contributed by atoms with van der Waals surface area (Å²) in [5.41, 5.74) is 1.22. The van der Waals surface area contributed by atoms with Gasteiger partial charge in [-0.1, -0.05) is 39.3 Å². The molecule has 0 aliphatic carbocycles. The van der Waals surface area contributed by atoms with E-state index in [9.17, 15) is 0 Å².